The van der Waals surface area contributed by atoms with Crippen molar-refractivity contribution >= 4 is 11.9 Å². The first-order valence-electron chi connectivity index (χ1n) is 6.91. The molecule has 5 heteroatoms. The first-order chi connectivity index (χ1) is 9.98. The molecule has 1 aromatic carbocycles. The van der Waals surface area contributed by atoms with Gasteiger partial charge in [0, 0.05) is 11.1 Å². The Morgan fingerprint density at radius 2 is 2.00 bits per heavy atom. The van der Waals surface area contributed by atoms with Gasteiger partial charge in [-0.05, 0) is 50.5 Å². The molecule has 0 radical (unpaired) electrons. The zero-order valence-electron chi connectivity index (χ0n) is 12.0. The molecule has 0 saturated carbocycles. The van der Waals surface area contributed by atoms with Crippen LogP contribution in [0.3, 0.4) is 0 Å². The van der Waals surface area contributed by atoms with E-state index >= 15 is 0 Å². The first kappa shape index (κ1) is 15.1. The molecule has 112 valence electrons. The van der Waals surface area contributed by atoms with Gasteiger partial charge in [-0.1, -0.05) is 12.2 Å². The van der Waals surface area contributed by atoms with E-state index in [4.69, 9.17) is 9.84 Å². The zero-order valence-corrected chi connectivity index (χ0v) is 12.0. The predicted molar refractivity (Wildman–Crippen MR) is 78.4 cm³/mol. The second-order valence-corrected chi connectivity index (χ2v) is 5.44. The van der Waals surface area contributed by atoms with Crippen molar-refractivity contribution in [2.75, 3.05) is 6.61 Å². The van der Waals surface area contributed by atoms with Crippen LogP contribution in [-0.4, -0.2) is 29.1 Å². The molecule has 0 bridgehead atoms. The van der Waals surface area contributed by atoms with Gasteiger partial charge in [-0.25, -0.2) is 4.79 Å². The fourth-order valence-corrected chi connectivity index (χ4v) is 2.27. The molecule has 0 saturated heterocycles. The van der Waals surface area contributed by atoms with Gasteiger partial charge >= 0.3 is 5.97 Å². The minimum atomic E-state index is -1.03. The van der Waals surface area contributed by atoms with Crippen LogP contribution in [0.2, 0.25) is 0 Å². The number of carboxylic acids is 1. The summed E-state index contributed by atoms with van der Waals surface area (Å²) in [4.78, 5) is 22.6. The lowest BCUT2D eigenvalue weighted by Gasteiger charge is -2.32. The maximum atomic E-state index is 12.2. The lowest BCUT2D eigenvalue weighted by Crippen LogP contribution is -2.46. The Morgan fingerprint density at radius 1 is 1.29 bits per heavy atom. The normalized spacial score (nSPS) is 20.8. The number of allylic oxidation sites excluding steroid dienone is 1. The lowest BCUT2D eigenvalue weighted by atomic mass is 9.87. The fraction of sp³-hybridized carbons (Fsp3) is 0.375. The number of nitrogens with one attached hydrogen (secondary N) is 1. The molecule has 0 fully saturated rings. The van der Waals surface area contributed by atoms with Gasteiger partial charge in [-0.15, -0.1) is 0 Å². The van der Waals surface area contributed by atoms with E-state index in [2.05, 4.69) is 17.5 Å². The fourth-order valence-electron chi connectivity index (χ4n) is 2.27. The summed E-state index contributed by atoms with van der Waals surface area (Å²) in [6.07, 6.45) is 6.95. The third-order valence-electron chi connectivity index (χ3n) is 3.49. The topological polar surface area (TPSA) is 75.6 Å². The molecule has 5 nitrogen and oxygen atoms in total. The first-order valence-corrected chi connectivity index (χ1v) is 6.91. The third-order valence-corrected chi connectivity index (χ3v) is 3.49. The van der Waals surface area contributed by atoms with E-state index in [-0.39, 0.29) is 11.4 Å². The number of carbonyl (C=O) groups is 2. The van der Waals surface area contributed by atoms with Gasteiger partial charge in [0.25, 0.3) is 5.91 Å². The summed E-state index contributed by atoms with van der Waals surface area (Å²) in [5.41, 5.74) is 0.332. The van der Waals surface area contributed by atoms with Crippen molar-refractivity contribution in [3.8, 4) is 5.75 Å². The molecular weight excluding hydrogens is 270 g/mol. The van der Waals surface area contributed by atoms with Gasteiger partial charge in [-0.2, -0.15) is 0 Å². The van der Waals surface area contributed by atoms with Crippen LogP contribution in [0, 0.1) is 0 Å². The molecule has 2 N–H and O–H groups in total. The van der Waals surface area contributed by atoms with Gasteiger partial charge < -0.3 is 15.2 Å². The van der Waals surface area contributed by atoms with E-state index < -0.39 is 12.6 Å². The molecule has 2 rings (SSSR count). The highest BCUT2D eigenvalue weighted by molar-refractivity contribution is 5.94. The molecule has 0 aliphatic heterocycles. The van der Waals surface area contributed by atoms with Crippen LogP contribution in [-0.2, 0) is 4.79 Å². The molecular formula is C16H19NO4. The summed E-state index contributed by atoms with van der Waals surface area (Å²) in [6, 6.07) is 6.46. The van der Waals surface area contributed by atoms with Crippen molar-refractivity contribution in [2.24, 2.45) is 0 Å². The highest BCUT2D eigenvalue weighted by atomic mass is 16.5. The predicted octanol–water partition coefficient (Wildman–Crippen LogP) is 2.38. The lowest BCUT2D eigenvalue weighted by molar-refractivity contribution is -0.139. The van der Waals surface area contributed by atoms with E-state index in [0.29, 0.717) is 11.3 Å². The van der Waals surface area contributed by atoms with Crippen LogP contribution < -0.4 is 10.1 Å². The Labute approximate surface area is 123 Å². The molecule has 1 aromatic rings. The molecule has 21 heavy (non-hydrogen) atoms. The standard InChI is InChI=1S/C16H19NO4/c1-16(9-3-2-4-10-16)17-15(20)12-5-7-13(8-6-12)21-11-14(18)19/h2-3,5-8H,4,9-11H2,1H3,(H,17,20)(H,18,19). The van der Waals surface area contributed by atoms with E-state index in [1.807, 2.05) is 6.92 Å². The molecule has 0 spiro atoms. The van der Waals surface area contributed by atoms with E-state index in [1.165, 1.54) is 0 Å². The number of ether oxygens (including phenoxy) is 1. The number of carbonyl (C=O) groups excluding carboxylic acids is 1. The summed E-state index contributed by atoms with van der Waals surface area (Å²) in [6.45, 7) is 1.65. The summed E-state index contributed by atoms with van der Waals surface area (Å²) >= 11 is 0. The summed E-state index contributed by atoms with van der Waals surface area (Å²) in [5.74, 6) is -0.728. The quantitative estimate of drug-likeness (QED) is 0.816. The number of carboxylic acid groups (broad SMARTS) is 1. The van der Waals surface area contributed by atoms with Crippen LogP contribution >= 0.6 is 0 Å². The number of hydrogen-bond acceptors (Lipinski definition) is 3. The van der Waals surface area contributed by atoms with Crippen LogP contribution in [0.25, 0.3) is 0 Å². The van der Waals surface area contributed by atoms with E-state index in [9.17, 15) is 9.59 Å². The summed E-state index contributed by atoms with van der Waals surface area (Å²) in [7, 11) is 0. The average Bonchev–Trinajstić information content (AvgIpc) is 2.46. The highest BCUT2D eigenvalue weighted by Gasteiger charge is 2.26. The number of rotatable bonds is 5. The van der Waals surface area contributed by atoms with Crippen LogP contribution in [0.5, 0.6) is 5.75 Å². The molecule has 1 amide bonds. The van der Waals surface area contributed by atoms with Crippen molar-refractivity contribution < 1.29 is 19.4 Å². The molecule has 1 aliphatic rings. The Kier molecular flexibility index (Phi) is 4.62. The number of benzene rings is 1. The second-order valence-electron chi connectivity index (χ2n) is 5.44. The SMILES string of the molecule is CC1(NC(=O)c2ccc(OCC(=O)O)cc2)CC=CCC1. The van der Waals surface area contributed by atoms with Crippen molar-refractivity contribution in [1.82, 2.24) is 5.32 Å². The second kappa shape index (κ2) is 6.43. The third kappa shape index (κ3) is 4.34. The summed E-state index contributed by atoms with van der Waals surface area (Å²) in [5, 5.41) is 11.6. The number of aliphatic carboxylic acids is 1. The van der Waals surface area contributed by atoms with Gasteiger partial charge in [0.2, 0.25) is 0 Å². The average molecular weight is 289 g/mol. The monoisotopic (exact) mass is 289 g/mol. The summed E-state index contributed by atoms with van der Waals surface area (Å²) < 4.78 is 5.03. The van der Waals surface area contributed by atoms with Crippen molar-refractivity contribution in [1.29, 1.82) is 0 Å². The zero-order chi connectivity index (χ0) is 15.3. The van der Waals surface area contributed by atoms with Crippen molar-refractivity contribution in [3.05, 3.63) is 42.0 Å². The van der Waals surface area contributed by atoms with E-state index in [1.54, 1.807) is 24.3 Å². The van der Waals surface area contributed by atoms with Gasteiger partial charge in [0.15, 0.2) is 6.61 Å². The number of amides is 1. The number of hydrogen-bond donors (Lipinski definition) is 2. The molecule has 1 unspecified atom stereocenters. The smallest absolute Gasteiger partial charge is 0.341 e. The Balaban J connectivity index is 1.96. The van der Waals surface area contributed by atoms with Crippen LogP contribution in [0.15, 0.2) is 36.4 Å². The highest BCUT2D eigenvalue weighted by Crippen LogP contribution is 2.23. The van der Waals surface area contributed by atoms with Gasteiger partial charge in [-0.3, -0.25) is 4.79 Å². The molecule has 1 atom stereocenters. The largest absolute Gasteiger partial charge is 0.482 e. The van der Waals surface area contributed by atoms with E-state index in [0.717, 1.165) is 19.3 Å². The molecule has 1 aliphatic carbocycles. The Bertz CT molecular complexity index is 550. The van der Waals surface area contributed by atoms with Crippen LogP contribution in [0.1, 0.15) is 36.5 Å². The molecule has 0 heterocycles. The molecule has 0 aromatic heterocycles. The minimum Gasteiger partial charge on any atom is -0.482 e. The minimum absolute atomic E-state index is 0.127. The van der Waals surface area contributed by atoms with Crippen LogP contribution in [0.4, 0.5) is 0 Å². The maximum Gasteiger partial charge on any atom is 0.341 e. The Hall–Kier alpha value is -2.30. The maximum absolute atomic E-state index is 12.2. The Morgan fingerprint density at radius 3 is 2.57 bits per heavy atom. The van der Waals surface area contributed by atoms with Gasteiger partial charge in [0.1, 0.15) is 5.75 Å². The van der Waals surface area contributed by atoms with Gasteiger partial charge in [0.05, 0.1) is 0 Å². The van der Waals surface area contributed by atoms with Crippen molar-refractivity contribution in [2.45, 2.75) is 31.7 Å². The van der Waals surface area contributed by atoms with Crippen molar-refractivity contribution in [3.63, 3.8) is 0 Å².